The molecule has 9 heteroatoms. The van der Waals surface area contributed by atoms with E-state index in [1.54, 1.807) is 37.3 Å². The zero-order chi connectivity index (χ0) is 23.3. The van der Waals surface area contributed by atoms with Gasteiger partial charge in [0.15, 0.2) is 12.4 Å². The van der Waals surface area contributed by atoms with Gasteiger partial charge in [0.1, 0.15) is 16.4 Å². The number of halogens is 1. The first-order chi connectivity index (χ1) is 15.8. The van der Waals surface area contributed by atoms with Gasteiger partial charge in [-0.2, -0.15) is 0 Å². The Bertz CT molecular complexity index is 1490. The maximum atomic E-state index is 13.5. The predicted molar refractivity (Wildman–Crippen MR) is 124 cm³/mol. The molecule has 7 nitrogen and oxygen atoms in total. The van der Waals surface area contributed by atoms with Crippen molar-refractivity contribution in [3.8, 4) is 16.9 Å². The van der Waals surface area contributed by atoms with E-state index in [0.29, 0.717) is 38.3 Å². The SMILES string of the molecule is Cc1sc2ncn(C(C)C(=O)c3ccc4c(c3)NC(=O)CO4)c(=O)c2c1-c1ccc(F)cc1. The number of Topliss-reactive ketones (excluding diaryl/α,β-unsaturated/α-hetero) is 1. The average molecular weight is 463 g/mol. The Labute approximate surface area is 191 Å². The molecule has 2 aromatic carbocycles. The van der Waals surface area contributed by atoms with E-state index in [1.165, 1.54) is 34.4 Å². The van der Waals surface area contributed by atoms with Crippen LogP contribution in [0, 0.1) is 12.7 Å². The summed E-state index contributed by atoms with van der Waals surface area (Å²) in [5.41, 5.74) is 1.80. The molecule has 1 atom stereocenters. The molecule has 5 rings (SSSR count). The van der Waals surface area contributed by atoms with Gasteiger partial charge in [-0.3, -0.25) is 19.0 Å². The summed E-state index contributed by atoms with van der Waals surface area (Å²) < 4.78 is 20.1. The van der Waals surface area contributed by atoms with E-state index < -0.39 is 6.04 Å². The molecule has 0 aliphatic carbocycles. The van der Waals surface area contributed by atoms with Gasteiger partial charge in [0.25, 0.3) is 11.5 Å². The largest absolute Gasteiger partial charge is 0.482 e. The van der Waals surface area contributed by atoms with Gasteiger partial charge in [-0.05, 0) is 49.7 Å². The van der Waals surface area contributed by atoms with Crippen LogP contribution in [0.2, 0.25) is 0 Å². The summed E-state index contributed by atoms with van der Waals surface area (Å²) in [5, 5.41) is 3.08. The highest BCUT2D eigenvalue weighted by molar-refractivity contribution is 7.19. The molecule has 1 aliphatic rings. The number of anilines is 1. The number of nitrogens with zero attached hydrogens (tertiary/aromatic N) is 2. The Balaban J connectivity index is 1.57. The van der Waals surface area contributed by atoms with Crippen molar-refractivity contribution in [1.29, 1.82) is 0 Å². The van der Waals surface area contributed by atoms with Crippen LogP contribution in [0.5, 0.6) is 5.75 Å². The van der Waals surface area contributed by atoms with Crippen LogP contribution in [0.4, 0.5) is 10.1 Å². The van der Waals surface area contributed by atoms with Crippen LogP contribution in [-0.2, 0) is 4.79 Å². The van der Waals surface area contributed by atoms with Crippen LogP contribution in [0.25, 0.3) is 21.3 Å². The van der Waals surface area contributed by atoms with Gasteiger partial charge in [-0.15, -0.1) is 11.3 Å². The number of fused-ring (bicyclic) bond motifs is 2. The van der Waals surface area contributed by atoms with Crippen molar-refractivity contribution < 1.29 is 18.7 Å². The fourth-order valence-corrected chi connectivity index (χ4v) is 4.96. The van der Waals surface area contributed by atoms with Crippen LogP contribution in [-0.4, -0.2) is 27.8 Å². The summed E-state index contributed by atoms with van der Waals surface area (Å²) in [5.74, 6) is -0.489. The number of carbonyl (C=O) groups excluding carboxylic acids is 2. The first kappa shape index (κ1) is 21.0. The third-order valence-electron chi connectivity index (χ3n) is 5.64. The van der Waals surface area contributed by atoms with Gasteiger partial charge in [0.2, 0.25) is 0 Å². The van der Waals surface area contributed by atoms with E-state index >= 15 is 0 Å². The second-order valence-corrected chi connectivity index (χ2v) is 8.97. The Morgan fingerprint density at radius 3 is 2.73 bits per heavy atom. The zero-order valence-electron chi connectivity index (χ0n) is 17.7. The van der Waals surface area contributed by atoms with Crippen LogP contribution in [0.3, 0.4) is 0 Å². The molecule has 0 saturated carbocycles. The quantitative estimate of drug-likeness (QED) is 0.455. The standard InChI is InChI=1S/C24H18FN3O4S/c1-12(22(30)15-5-8-18-17(9-15)27-19(29)10-32-18)28-11-26-23-21(24(28)31)20(13(2)33-23)14-3-6-16(25)7-4-14/h3-9,11-12H,10H2,1-2H3,(H,27,29). The molecule has 0 fully saturated rings. The fraction of sp³-hybridized carbons (Fsp3) is 0.167. The summed E-state index contributed by atoms with van der Waals surface area (Å²) in [4.78, 5) is 44.2. The normalized spacial score (nSPS) is 13.8. The van der Waals surface area contributed by atoms with E-state index in [2.05, 4.69) is 10.3 Å². The van der Waals surface area contributed by atoms with Crippen molar-refractivity contribution in [2.45, 2.75) is 19.9 Å². The number of hydrogen-bond donors (Lipinski definition) is 1. The Morgan fingerprint density at radius 2 is 1.97 bits per heavy atom. The van der Waals surface area contributed by atoms with Crippen LogP contribution >= 0.6 is 11.3 Å². The monoisotopic (exact) mass is 463 g/mol. The van der Waals surface area contributed by atoms with Crippen LogP contribution < -0.4 is 15.6 Å². The molecule has 0 radical (unpaired) electrons. The number of ketones is 1. The summed E-state index contributed by atoms with van der Waals surface area (Å²) in [6.07, 6.45) is 1.38. The third-order valence-corrected chi connectivity index (χ3v) is 6.65. The minimum absolute atomic E-state index is 0.0752. The number of nitrogens with one attached hydrogen (secondary N) is 1. The van der Waals surface area contributed by atoms with Gasteiger partial charge in [0, 0.05) is 16.0 Å². The Hall–Kier alpha value is -3.85. The second-order valence-electron chi connectivity index (χ2n) is 7.77. The lowest BCUT2D eigenvalue weighted by Gasteiger charge is -2.19. The van der Waals surface area contributed by atoms with Crippen LogP contribution in [0.1, 0.15) is 28.2 Å². The molecular weight excluding hydrogens is 445 g/mol. The molecule has 2 aromatic heterocycles. The molecule has 0 spiro atoms. The molecule has 1 amide bonds. The van der Waals surface area contributed by atoms with Crippen LogP contribution in [0.15, 0.2) is 53.6 Å². The lowest BCUT2D eigenvalue weighted by atomic mass is 10.0. The fourth-order valence-electron chi connectivity index (χ4n) is 3.96. The lowest BCUT2D eigenvalue weighted by molar-refractivity contribution is -0.118. The van der Waals surface area contributed by atoms with Gasteiger partial charge in [-0.1, -0.05) is 12.1 Å². The number of ether oxygens (including phenoxy) is 1. The zero-order valence-corrected chi connectivity index (χ0v) is 18.5. The summed E-state index contributed by atoms with van der Waals surface area (Å²) in [7, 11) is 0. The first-order valence-corrected chi connectivity index (χ1v) is 11.0. The predicted octanol–water partition coefficient (Wildman–Crippen LogP) is 4.35. The molecule has 4 aromatic rings. The topological polar surface area (TPSA) is 90.3 Å². The molecule has 1 unspecified atom stereocenters. The smallest absolute Gasteiger partial charge is 0.263 e. The minimum Gasteiger partial charge on any atom is -0.482 e. The molecule has 1 aliphatic heterocycles. The van der Waals surface area contributed by atoms with E-state index in [-0.39, 0.29) is 29.7 Å². The highest BCUT2D eigenvalue weighted by atomic mass is 32.1. The maximum Gasteiger partial charge on any atom is 0.263 e. The number of carbonyl (C=O) groups is 2. The highest BCUT2D eigenvalue weighted by Crippen LogP contribution is 2.36. The van der Waals surface area contributed by atoms with Crippen molar-refractivity contribution in [3.63, 3.8) is 0 Å². The van der Waals surface area contributed by atoms with Crippen molar-refractivity contribution in [3.05, 3.63) is 75.4 Å². The van der Waals surface area contributed by atoms with Crippen molar-refractivity contribution in [1.82, 2.24) is 9.55 Å². The molecule has 166 valence electrons. The summed E-state index contributed by atoms with van der Waals surface area (Å²) >= 11 is 1.38. The Kier molecular flexibility index (Phi) is 5.05. The van der Waals surface area contributed by atoms with E-state index in [0.717, 1.165) is 4.88 Å². The average Bonchev–Trinajstić information content (AvgIpc) is 3.15. The minimum atomic E-state index is -0.839. The highest BCUT2D eigenvalue weighted by Gasteiger charge is 2.24. The van der Waals surface area contributed by atoms with Gasteiger partial charge in [-0.25, -0.2) is 9.37 Å². The molecule has 33 heavy (non-hydrogen) atoms. The third kappa shape index (κ3) is 3.60. The van der Waals surface area contributed by atoms with E-state index in [4.69, 9.17) is 4.74 Å². The first-order valence-electron chi connectivity index (χ1n) is 10.2. The van der Waals surface area contributed by atoms with E-state index in [9.17, 15) is 18.8 Å². The summed E-state index contributed by atoms with van der Waals surface area (Å²) in [6.45, 7) is 3.43. The van der Waals surface area contributed by atoms with Crippen molar-refractivity contribution in [2.75, 3.05) is 11.9 Å². The second kappa shape index (κ2) is 7.93. The number of aryl methyl sites for hydroxylation is 1. The number of hydrogen-bond acceptors (Lipinski definition) is 6. The number of amides is 1. The molecule has 0 saturated heterocycles. The molecule has 0 bridgehead atoms. The molecule has 3 heterocycles. The number of benzene rings is 2. The number of thiophene rings is 1. The molecule has 1 N–H and O–H groups in total. The number of rotatable bonds is 4. The van der Waals surface area contributed by atoms with E-state index in [1.807, 2.05) is 6.92 Å². The summed E-state index contributed by atoms with van der Waals surface area (Å²) in [6, 6.07) is 9.86. The van der Waals surface area contributed by atoms with Gasteiger partial charge < -0.3 is 10.1 Å². The Morgan fingerprint density at radius 1 is 1.21 bits per heavy atom. The van der Waals surface area contributed by atoms with Gasteiger partial charge >= 0.3 is 0 Å². The van der Waals surface area contributed by atoms with Gasteiger partial charge in [0.05, 0.1) is 23.4 Å². The number of aromatic nitrogens is 2. The van der Waals surface area contributed by atoms with Crippen molar-refractivity contribution >= 4 is 38.9 Å². The molecular formula is C24H18FN3O4S. The maximum absolute atomic E-state index is 13.5. The van der Waals surface area contributed by atoms with Crippen molar-refractivity contribution in [2.24, 2.45) is 0 Å². The lowest BCUT2D eigenvalue weighted by Crippen LogP contribution is -2.29.